The molecule has 0 atom stereocenters. The Bertz CT molecular complexity index is 625. The molecule has 2 rings (SSSR count). The van der Waals surface area contributed by atoms with Gasteiger partial charge in [-0.2, -0.15) is 0 Å². The van der Waals surface area contributed by atoms with Crippen molar-refractivity contribution in [1.29, 1.82) is 0 Å². The van der Waals surface area contributed by atoms with Gasteiger partial charge in [0, 0.05) is 7.05 Å². The summed E-state index contributed by atoms with van der Waals surface area (Å²) in [5.74, 6) is 0.301. The molecule has 0 aromatic carbocycles. The van der Waals surface area contributed by atoms with E-state index in [1.165, 1.54) is 16.0 Å². The molecule has 0 radical (unpaired) electrons. The Kier molecular flexibility index (Phi) is 3.51. The SMILES string of the molecule is CCOc1[nH]n(C)c(=O)c1N=Nc1nnc(C)s1. The van der Waals surface area contributed by atoms with Crippen LogP contribution in [0.15, 0.2) is 15.0 Å². The van der Waals surface area contributed by atoms with Crippen molar-refractivity contribution < 1.29 is 4.74 Å². The molecule has 8 nitrogen and oxygen atoms in total. The van der Waals surface area contributed by atoms with Crippen LogP contribution >= 0.6 is 11.3 Å². The molecule has 96 valence electrons. The normalized spacial score (nSPS) is 11.3. The second-order valence-electron chi connectivity index (χ2n) is 3.39. The zero-order chi connectivity index (χ0) is 13.1. The summed E-state index contributed by atoms with van der Waals surface area (Å²) in [6, 6.07) is 0. The standard InChI is InChI=1S/C9H12N6O2S/c1-4-17-7-6(8(16)15(3)14-7)11-13-9-12-10-5(2)18-9/h14H,4H2,1-3H3. The molecule has 2 heterocycles. The average molecular weight is 268 g/mol. The first-order valence-electron chi connectivity index (χ1n) is 5.25. The summed E-state index contributed by atoms with van der Waals surface area (Å²) in [5, 5.41) is 19.3. The lowest BCUT2D eigenvalue weighted by molar-refractivity contribution is 0.324. The molecule has 0 saturated heterocycles. The molecule has 0 aliphatic heterocycles. The molecule has 1 N–H and O–H groups in total. The minimum absolute atomic E-state index is 0.132. The topological polar surface area (TPSA) is 97.5 Å². The fraction of sp³-hybridized carbons (Fsp3) is 0.444. The van der Waals surface area contributed by atoms with Crippen molar-refractivity contribution in [2.45, 2.75) is 13.8 Å². The van der Waals surface area contributed by atoms with Crippen LogP contribution in [0.1, 0.15) is 11.9 Å². The van der Waals surface area contributed by atoms with E-state index in [2.05, 4.69) is 25.5 Å². The number of azo groups is 1. The number of aryl methyl sites for hydroxylation is 2. The Morgan fingerprint density at radius 3 is 2.83 bits per heavy atom. The molecule has 2 aromatic rings. The molecule has 0 aliphatic carbocycles. The number of rotatable bonds is 4. The van der Waals surface area contributed by atoms with Crippen molar-refractivity contribution in [2.24, 2.45) is 17.3 Å². The van der Waals surface area contributed by atoms with E-state index in [1.54, 1.807) is 7.05 Å². The monoisotopic (exact) mass is 268 g/mol. The van der Waals surface area contributed by atoms with Gasteiger partial charge in [0.2, 0.25) is 11.6 Å². The number of nitrogens with one attached hydrogen (secondary N) is 1. The lowest BCUT2D eigenvalue weighted by Crippen LogP contribution is -2.10. The highest BCUT2D eigenvalue weighted by Gasteiger charge is 2.13. The number of aromatic nitrogens is 4. The van der Waals surface area contributed by atoms with Crippen LogP contribution in [-0.2, 0) is 7.05 Å². The summed E-state index contributed by atoms with van der Waals surface area (Å²) in [7, 11) is 1.58. The van der Waals surface area contributed by atoms with Gasteiger partial charge in [-0.1, -0.05) is 11.3 Å². The van der Waals surface area contributed by atoms with Crippen LogP contribution in [0.2, 0.25) is 0 Å². The molecular formula is C9H12N6O2S. The minimum atomic E-state index is -0.302. The Hall–Kier alpha value is -2.03. The second-order valence-corrected chi connectivity index (χ2v) is 4.55. The summed E-state index contributed by atoms with van der Waals surface area (Å²) in [4.78, 5) is 11.8. The number of ether oxygens (including phenoxy) is 1. The molecule has 0 spiro atoms. The van der Waals surface area contributed by atoms with Gasteiger partial charge in [0.15, 0.2) is 0 Å². The fourth-order valence-electron chi connectivity index (χ4n) is 1.26. The van der Waals surface area contributed by atoms with Gasteiger partial charge in [-0.05, 0) is 13.8 Å². The third-order valence-corrected chi connectivity index (χ3v) is 2.75. The Morgan fingerprint density at radius 1 is 1.44 bits per heavy atom. The molecular weight excluding hydrogens is 256 g/mol. The van der Waals surface area contributed by atoms with Crippen LogP contribution in [0, 0.1) is 6.92 Å². The summed E-state index contributed by atoms with van der Waals surface area (Å²) in [6.07, 6.45) is 0. The van der Waals surface area contributed by atoms with Gasteiger partial charge in [-0.3, -0.25) is 14.6 Å². The van der Waals surface area contributed by atoms with Crippen molar-refractivity contribution in [1.82, 2.24) is 20.0 Å². The zero-order valence-corrected chi connectivity index (χ0v) is 11.0. The first kappa shape index (κ1) is 12.4. The Labute approximate surface area is 106 Å². The third-order valence-electron chi connectivity index (χ3n) is 2.03. The minimum Gasteiger partial charge on any atom is -0.477 e. The quantitative estimate of drug-likeness (QED) is 0.853. The zero-order valence-electron chi connectivity index (χ0n) is 10.2. The summed E-state index contributed by atoms with van der Waals surface area (Å²) in [6.45, 7) is 4.07. The predicted octanol–water partition coefficient (Wildman–Crippen LogP) is 1.69. The highest BCUT2D eigenvalue weighted by molar-refractivity contribution is 7.14. The fourth-order valence-corrected chi connectivity index (χ4v) is 1.77. The number of nitrogens with zero attached hydrogens (tertiary/aromatic N) is 5. The van der Waals surface area contributed by atoms with Gasteiger partial charge < -0.3 is 4.74 Å². The van der Waals surface area contributed by atoms with Gasteiger partial charge in [-0.15, -0.1) is 20.4 Å². The van der Waals surface area contributed by atoms with Crippen molar-refractivity contribution in [3.63, 3.8) is 0 Å². The number of aromatic amines is 1. The lowest BCUT2D eigenvalue weighted by atomic mass is 10.5. The van der Waals surface area contributed by atoms with Crippen LogP contribution in [0.25, 0.3) is 0 Å². The molecule has 0 fully saturated rings. The molecule has 0 aliphatic rings. The molecule has 0 unspecified atom stereocenters. The van der Waals surface area contributed by atoms with Crippen LogP contribution in [-0.4, -0.2) is 26.6 Å². The van der Waals surface area contributed by atoms with E-state index < -0.39 is 0 Å². The van der Waals surface area contributed by atoms with E-state index in [1.807, 2.05) is 13.8 Å². The van der Waals surface area contributed by atoms with Crippen LogP contribution in [0.4, 0.5) is 10.8 Å². The molecule has 9 heteroatoms. The largest absolute Gasteiger partial charge is 0.477 e. The average Bonchev–Trinajstić information content (AvgIpc) is 2.84. The second kappa shape index (κ2) is 5.08. The number of hydrogen-bond acceptors (Lipinski definition) is 7. The van der Waals surface area contributed by atoms with Gasteiger partial charge >= 0.3 is 0 Å². The van der Waals surface area contributed by atoms with Crippen molar-refractivity contribution >= 4 is 22.2 Å². The number of H-pyrrole nitrogens is 1. The first-order valence-corrected chi connectivity index (χ1v) is 6.07. The van der Waals surface area contributed by atoms with Gasteiger partial charge in [0.05, 0.1) is 6.61 Å². The van der Waals surface area contributed by atoms with Crippen LogP contribution in [0.3, 0.4) is 0 Å². The van der Waals surface area contributed by atoms with Crippen LogP contribution < -0.4 is 10.3 Å². The van der Waals surface area contributed by atoms with E-state index in [9.17, 15) is 4.79 Å². The highest BCUT2D eigenvalue weighted by atomic mass is 32.1. The summed E-state index contributed by atoms with van der Waals surface area (Å²) >= 11 is 1.30. The highest BCUT2D eigenvalue weighted by Crippen LogP contribution is 2.24. The van der Waals surface area contributed by atoms with Crippen molar-refractivity contribution in [2.75, 3.05) is 6.61 Å². The Balaban J connectivity index is 2.33. The first-order chi connectivity index (χ1) is 8.61. The molecule has 18 heavy (non-hydrogen) atoms. The molecule has 0 bridgehead atoms. The molecule has 0 saturated carbocycles. The van der Waals surface area contributed by atoms with E-state index in [-0.39, 0.29) is 11.2 Å². The van der Waals surface area contributed by atoms with Gasteiger partial charge in [0.1, 0.15) is 5.01 Å². The van der Waals surface area contributed by atoms with E-state index in [0.717, 1.165) is 5.01 Å². The van der Waals surface area contributed by atoms with Crippen LogP contribution in [0.5, 0.6) is 5.88 Å². The van der Waals surface area contributed by atoms with E-state index >= 15 is 0 Å². The molecule has 0 amide bonds. The van der Waals surface area contributed by atoms with Gasteiger partial charge in [-0.25, -0.2) is 0 Å². The number of hydrogen-bond donors (Lipinski definition) is 1. The third kappa shape index (κ3) is 2.45. The Morgan fingerprint density at radius 2 is 2.22 bits per heavy atom. The maximum Gasteiger partial charge on any atom is 0.298 e. The van der Waals surface area contributed by atoms with Crippen molar-refractivity contribution in [3.8, 4) is 5.88 Å². The smallest absolute Gasteiger partial charge is 0.298 e. The van der Waals surface area contributed by atoms with E-state index in [4.69, 9.17) is 4.74 Å². The van der Waals surface area contributed by atoms with Gasteiger partial charge in [0.25, 0.3) is 10.7 Å². The molecule has 2 aromatic heterocycles. The maximum absolute atomic E-state index is 11.8. The summed E-state index contributed by atoms with van der Waals surface area (Å²) in [5.41, 5.74) is -0.171. The van der Waals surface area contributed by atoms with E-state index in [0.29, 0.717) is 17.6 Å². The maximum atomic E-state index is 11.8. The lowest BCUT2D eigenvalue weighted by Gasteiger charge is -1.97. The van der Waals surface area contributed by atoms with Crippen molar-refractivity contribution in [3.05, 3.63) is 15.4 Å². The predicted molar refractivity (Wildman–Crippen MR) is 66.0 cm³/mol. The summed E-state index contributed by atoms with van der Waals surface area (Å²) < 4.78 is 6.55.